The number of imidazole rings is 1. The third kappa shape index (κ3) is 11.3. The highest BCUT2D eigenvalue weighted by Crippen LogP contribution is 2.36. The minimum Gasteiger partial charge on any atom is -0.440 e. The molecule has 1 amide bonds. The van der Waals surface area contributed by atoms with Crippen LogP contribution in [0.4, 0.5) is 34.1 Å². The van der Waals surface area contributed by atoms with E-state index in [1.54, 1.807) is 13.8 Å². The molecule has 0 spiro atoms. The highest BCUT2D eigenvalue weighted by atomic mass is 19.4. The van der Waals surface area contributed by atoms with Crippen LogP contribution < -0.4 is 11.0 Å². The zero-order valence-corrected chi connectivity index (χ0v) is 29.4. The van der Waals surface area contributed by atoms with E-state index in [0.29, 0.717) is 9.13 Å². The summed E-state index contributed by atoms with van der Waals surface area (Å²) in [5, 5.41) is 9.31. The number of carbonyl (C=O) groups is 4. The fourth-order valence-corrected chi connectivity index (χ4v) is 4.45. The second-order valence-electron chi connectivity index (χ2n) is 12.3. The third-order valence-corrected chi connectivity index (χ3v) is 6.86. The predicted octanol–water partition coefficient (Wildman–Crippen LogP) is 4.96. The van der Waals surface area contributed by atoms with E-state index in [0.717, 1.165) is 24.3 Å². The van der Waals surface area contributed by atoms with Gasteiger partial charge in [0.15, 0.2) is 6.29 Å². The lowest BCUT2D eigenvalue weighted by Gasteiger charge is -2.25. The fraction of sp³-hybridized carbons (Fsp3) is 0.485. The lowest BCUT2D eigenvalue weighted by Crippen LogP contribution is -2.41. The minimum absolute atomic E-state index is 0.0604. The standard InChI is InChI=1S/C33H40F3N5O11/c1-31(2,19-49-15-13-47-5)51-29(45)40-25-12-11-21(17-26(25)41(28(40)44)30(46)52-32(3,4)20-50-16-14-48-6)37-27(43)24(18-42)39-38-23-10-8-7-9-22(23)33(34,35)36/h7-12,17-18,24H,13-16,19-20H2,1-6H3,(H,37,43). The van der Waals surface area contributed by atoms with Gasteiger partial charge in [-0.05, 0) is 58.0 Å². The molecule has 0 fully saturated rings. The van der Waals surface area contributed by atoms with Gasteiger partial charge in [0.2, 0.25) is 6.04 Å². The molecule has 1 N–H and O–H groups in total. The number of methoxy groups -OCH3 is 2. The summed E-state index contributed by atoms with van der Waals surface area (Å²) in [6, 6.07) is 5.89. The number of fused-ring (bicyclic) bond motifs is 1. The summed E-state index contributed by atoms with van der Waals surface area (Å²) in [6.45, 7) is 6.92. The number of halogens is 3. The molecule has 19 heteroatoms. The molecule has 1 heterocycles. The van der Waals surface area contributed by atoms with Gasteiger partial charge in [-0.25, -0.2) is 14.4 Å². The van der Waals surface area contributed by atoms with Crippen molar-refractivity contribution in [3.05, 3.63) is 58.5 Å². The van der Waals surface area contributed by atoms with Gasteiger partial charge in [-0.3, -0.25) is 4.79 Å². The van der Waals surface area contributed by atoms with Gasteiger partial charge >= 0.3 is 24.1 Å². The number of alkyl halides is 3. The number of aldehydes is 1. The number of hydrogen-bond donors (Lipinski definition) is 1. The Bertz CT molecular complexity index is 1820. The Hall–Kier alpha value is -4.98. The van der Waals surface area contributed by atoms with E-state index in [-0.39, 0.29) is 62.6 Å². The molecule has 3 aromatic rings. The first kappa shape index (κ1) is 41.4. The van der Waals surface area contributed by atoms with Gasteiger partial charge in [0.05, 0.1) is 61.9 Å². The molecule has 1 unspecified atom stereocenters. The fourth-order valence-electron chi connectivity index (χ4n) is 4.45. The van der Waals surface area contributed by atoms with Crippen molar-refractivity contribution in [1.29, 1.82) is 0 Å². The van der Waals surface area contributed by atoms with Gasteiger partial charge in [-0.2, -0.15) is 32.5 Å². The third-order valence-electron chi connectivity index (χ3n) is 6.86. The van der Waals surface area contributed by atoms with E-state index in [9.17, 15) is 37.1 Å². The van der Waals surface area contributed by atoms with Gasteiger partial charge in [0, 0.05) is 19.9 Å². The molecule has 0 radical (unpaired) electrons. The van der Waals surface area contributed by atoms with Crippen LogP contribution in [0.3, 0.4) is 0 Å². The van der Waals surface area contributed by atoms with Crippen molar-refractivity contribution in [2.45, 2.75) is 51.1 Å². The predicted molar refractivity (Wildman–Crippen MR) is 178 cm³/mol. The first-order valence-electron chi connectivity index (χ1n) is 15.7. The molecular formula is C33H40F3N5O11. The molecule has 1 aromatic heterocycles. The van der Waals surface area contributed by atoms with E-state index in [1.165, 1.54) is 46.3 Å². The quantitative estimate of drug-likeness (QED) is 0.0853. The summed E-state index contributed by atoms with van der Waals surface area (Å²) in [7, 11) is 2.97. The molecule has 0 saturated heterocycles. The Morgan fingerprint density at radius 3 is 1.88 bits per heavy atom. The average molecular weight is 740 g/mol. The van der Waals surface area contributed by atoms with Crippen LogP contribution in [-0.4, -0.2) is 105 Å². The second kappa shape index (κ2) is 18.0. The lowest BCUT2D eigenvalue weighted by atomic mass is 10.1. The van der Waals surface area contributed by atoms with Crippen molar-refractivity contribution in [2.75, 3.05) is 59.2 Å². The Kier molecular flexibility index (Phi) is 14.3. The normalized spacial score (nSPS) is 12.9. The van der Waals surface area contributed by atoms with Crippen molar-refractivity contribution in [2.24, 2.45) is 10.2 Å². The lowest BCUT2D eigenvalue weighted by molar-refractivity contribution is -0.137. The Balaban J connectivity index is 1.99. The minimum atomic E-state index is -4.77. The molecule has 52 heavy (non-hydrogen) atoms. The molecule has 1 atom stereocenters. The van der Waals surface area contributed by atoms with Crippen LogP contribution in [0.1, 0.15) is 33.3 Å². The number of amides is 1. The topological polar surface area (TPSA) is 187 Å². The Labute approximate surface area is 295 Å². The maximum absolute atomic E-state index is 13.7. The number of rotatable bonds is 17. The SMILES string of the molecule is COCCOCC(C)(C)OC(=O)n1c(=O)n(C(=O)OC(C)(C)COCCOC)c2cc(NC(=O)C(C=O)N=Nc3ccccc3C(F)(F)F)ccc21. The van der Waals surface area contributed by atoms with Crippen molar-refractivity contribution in [3.63, 3.8) is 0 Å². The van der Waals surface area contributed by atoms with E-state index >= 15 is 0 Å². The van der Waals surface area contributed by atoms with Crippen molar-refractivity contribution in [3.8, 4) is 0 Å². The number of ether oxygens (including phenoxy) is 6. The maximum atomic E-state index is 13.7. The maximum Gasteiger partial charge on any atom is 0.423 e. The summed E-state index contributed by atoms with van der Waals surface area (Å²) in [4.78, 5) is 65.5. The number of azo groups is 1. The van der Waals surface area contributed by atoms with Gasteiger partial charge in [-0.15, -0.1) is 0 Å². The van der Waals surface area contributed by atoms with Gasteiger partial charge in [-0.1, -0.05) is 12.1 Å². The smallest absolute Gasteiger partial charge is 0.423 e. The molecule has 0 saturated carbocycles. The van der Waals surface area contributed by atoms with Crippen LogP contribution in [-0.2, 0) is 44.2 Å². The summed E-state index contributed by atoms with van der Waals surface area (Å²) >= 11 is 0. The number of hydrogen-bond acceptors (Lipinski definition) is 13. The molecule has 2 aromatic carbocycles. The first-order valence-corrected chi connectivity index (χ1v) is 15.7. The van der Waals surface area contributed by atoms with E-state index in [2.05, 4.69) is 15.5 Å². The summed E-state index contributed by atoms with van der Waals surface area (Å²) in [5.41, 5.74) is -5.91. The zero-order valence-electron chi connectivity index (χ0n) is 29.4. The van der Waals surface area contributed by atoms with Crippen LogP contribution in [0.2, 0.25) is 0 Å². The summed E-state index contributed by atoms with van der Waals surface area (Å²) in [5.74, 6) is -1.11. The van der Waals surface area contributed by atoms with E-state index in [4.69, 9.17) is 28.4 Å². The van der Waals surface area contributed by atoms with E-state index < -0.39 is 58.5 Å². The number of carbonyl (C=O) groups excluding carboxylic acids is 4. The molecular weight excluding hydrogens is 699 g/mol. The van der Waals surface area contributed by atoms with Crippen molar-refractivity contribution in [1.82, 2.24) is 9.13 Å². The summed E-state index contributed by atoms with van der Waals surface area (Å²) in [6.07, 6.45) is -7.09. The second-order valence-corrected chi connectivity index (χ2v) is 12.3. The monoisotopic (exact) mass is 739 g/mol. The molecule has 0 aliphatic carbocycles. The molecule has 0 aliphatic rings. The number of aromatic nitrogens is 2. The van der Waals surface area contributed by atoms with Crippen molar-refractivity contribution < 1.29 is 60.8 Å². The zero-order chi connectivity index (χ0) is 38.7. The van der Waals surface area contributed by atoms with Gasteiger partial charge in [0.1, 0.15) is 11.2 Å². The first-order chi connectivity index (χ1) is 24.4. The number of nitrogens with one attached hydrogen (secondary N) is 1. The van der Waals surface area contributed by atoms with E-state index in [1.807, 2.05) is 0 Å². The van der Waals surface area contributed by atoms with Crippen LogP contribution in [0.25, 0.3) is 11.0 Å². The molecule has 284 valence electrons. The largest absolute Gasteiger partial charge is 0.440 e. The highest BCUT2D eigenvalue weighted by molar-refractivity contribution is 6.05. The Morgan fingerprint density at radius 2 is 1.37 bits per heavy atom. The number of anilines is 1. The molecule has 0 aliphatic heterocycles. The summed E-state index contributed by atoms with van der Waals surface area (Å²) < 4.78 is 73.2. The highest BCUT2D eigenvalue weighted by Gasteiger charge is 2.34. The van der Waals surface area contributed by atoms with Crippen LogP contribution in [0.5, 0.6) is 0 Å². The van der Waals surface area contributed by atoms with Gasteiger partial charge < -0.3 is 38.5 Å². The number of nitrogens with zero attached hydrogens (tertiary/aromatic N) is 4. The molecule has 3 rings (SSSR count). The average Bonchev–Trinajstić information content (AvgIpc) is 3.35. The van der Waals surface area contributed by atoms with Crippen LogP contribution >= 0.6 is 0 Å². The number of benzene rings is 2. The van der Waals surface area contributed by atoms with Crippen LogP contribution in [0, 0.1) is 0 Å². The van der Waals surface area contributed by atoms with Gasteiger partial charge in [0.25, 0.3) is 5.91 Å². The van der Waals surface area contributed by atoms with Crippen LogP contribution in [0.15, 0.2) is 57.5 Å². The Morgan fingerprint density at radius 1 is 0.827 bits per heavy atom. The molecule has 16 nitrogen and oxygen atoms in total. The molecule has 0 bridgehead atoms. The van der Waals surface area contributed by atoms with Crippen molar-refractivity contribution >= 4 is 46.8 Å².